The van der Waals surface area contributed by atoms with Gasteiger partial charge in [-0.25, -0.2) is 0 Å². The van der Waals surface area contributed by atoms with Gasteiger partial charge in [-0.05, 0) is 42.9 Å². The van der Waals surface area contributed by atoms with Crippen molar-refractivity contribution in [2.45, 2.75) is 53.7 Å². The lowest BCUT2D eigenvalue weighted by Crippen LogP contribution is -2.19. The number of rotatable bonds is 10. The first-order valence-electron chi connectivity index (χ1n) is 7.80. The van der Waals surface area contributed by atoms with Gasteiger partial charge in [-0.15, -0.1) is 0 Å². The molecule has 0 saturated carbocycles. The largest absolute Gasteiger partial charge is 0.375 e. The van der Waals surface area contributed by atoms with Crippen molar-refractivity contribution in [3.05, 3.63) is 29.6 Å². The highest BCUT2D eigenvalue weighted by atomic mass is 16.5. The molecule has 0 aliphatic heterocycles. The van der Waals surface area contributed by atoms with Gasteiger partial charge in [0.15, 0.2) is 0 Å². The first-order chi connectivity index (χ1) is 9.58. The zero-order valence-corrected chi connectivity index (χ0v) is 13.5. The number of hydrogen-bond acceptors (Lipinski definition) is 3. The van der Waals surface area contributed by atoms with E-state index in [1.807, 2.05) is 6.20 Å². The van der Waals surface area contributed by atoms with E-state index in [9.17, 15) is 0 Å². The first-order valence-corrected chi connectivity index (χ1v) is 7.80. The Morgan fingerprint density at radius 3 is 2.55 bits per heavy atom. The van der Waals surface area contributed by atoms with Crippen molar-refractivity contribution in [1.29, 1.82) is 0 Å². The summed E-state index contributed by atoms with van der Waals surface area (Å²) in [6.45, 7) is 12.3. The van der Waals surface area contributed by atoms with Crippen LogP contribution in [-0.2, 0) is 17.9 Å². The topological polar surface area (TPSA) is 34.1 Å². The lowest BCUT2D eigenvalue weighted by molar-refractivity contribution is 0.112. The fraction of sp³-hybridized carbons (Fsp3) is 0.706. The summed E-state index contributed by atoms with van der Waals surface area (Å²) >= 11 is 0. The fourth-order valence-electron chi connectivity index (χ4n) is 1.92. The van der Waals surface area contributed by atoms with Gasteiger partial charge < -0.3 is 10.1 Å². The van der Waals surface area contributed by atoms with Crippen LogP contribution in [0.4, 0.5) is 0 Å². The van der Waals surface area contributed by atoms with Gasteiger partial charge in [0.25, 0.3) is 0 Å². The normalized spacial score (nSPS) is 11.5. The third-order valence-electron chi connectivity index (χ3n) is 3.09. The Hall–Kier alpha value is -0.930. The second kappa shape index (κ2) is 9.89. The molecule has 3 nitrogen and oxygen atoms in total. The Labute approximate surface area is 124 Å². The van der Waals surface area contributed by atoms with Gasteiger partial charge in [-0.3, -0.25) is 4.98 Å². The molecule has 114 valence electrons. The molecule has 0 aliphatic carbocycles. The van der Waals surface area contributed by atoms with Crippen molar-refractivity contribution in [3.8, 4) is 0 Å². The van der Waals surface area contributed by atoms with Crippen LogP contribution in [-0.4, -0.2) is 18.1 Å². The second-order valence-corrected chi connectivity index (χ2v) is 6.27. The highest BCUT2D eigenvalue weighted by molar-refractivity contribution is 5.13. The summed E-state index contributed by atoms with van der Waals surface area (Å²) in [5.41, 5.74) is 2.25. The van der Waals surface area contributed by atoms with Crippen molar-refractivity contribution in [1.82, 2.24) is 10.3 Å². The van der Waals surface area contributed by atoms with E-state index in [1.54, 1.807) is 0 Å². The van der Waals surface area contributed by atoms with E-state index in [0.29, 0.717) is 12.5 Å². The number of nitrogens with one attached hydrogen (secondary N) is 1. The molecule has 0 unspecified atom stereocenters. The summed E-state index contributed by atoms with van der Waals surface area (Å²) in [6, 6.07) is 4.20. The molecular formula is C17H30N2O. The average molecular weight is 278 g/mol. The minimum Gasteiger partial charge on any atom is -0.375 e. The summed E-state index contributed by atoms with van der Waals surface area (Å²) in [7, 11) is 0. The zero-order valence-electron chi connectivity index (χ0n) is 13.5. The smallest absolute Gasteiger partial charge is 0.0887 e. The molecule has 0 saturated heterocycles. The molecule has 0 atom stereocenters. The van der Waals surface area contributed by atoms with Crippen LogP contribution in [0.25, 0.3) is 0 Å². The standard InChI is InChI=1S/C17H30N2O/c1-14(2)6-5-9-20-13-17-8-7-16(12-19-17)11-18-10-15(3)4/h7-8,12,14-15,18H,5-6,9-11,13H2,1-4H3. The lowest BCUT2D eigenvalue weighted by atomic mass is 10.1. The molecule has 3 heteroatoms. The van der Waals surface area contributed by atoms with E-state index in [0.717, 1.165) is 37.7 Å². The number of ether oxygens (including phenoxy) is 1. The molecule has 20 heavy (non-hydrogen) atoms. The molecule has 1 aromatic heterocycles. The molecule has 0 spiro atoms. The van der Waals surface area contributed by atoms with Crippen LogP contribution >= 0.6 is 0 Å². The molecule has 0 radical (unpaired) electrons. The molecule has 1 rings (SSSR count). The van der Waals surface area contributed by atoms with Crippen LogP contribution < -0.4 is 5.32 Å². The minimum absolute atomic E-state index is 0.623. The number of aromatic nitrogens is 1. The molecule has 0 fully saturated rings. The third-order valence-corrected chi connectivity index (χ3v) is 3.09. The summed E-state index contributed by atoms with van der Waals surface area (Å²) in [5, 5.41) is 3.42. The summed E-state index contributed by atoms with van der Waals surface area (Å²) in [6.07, 6.45) is 4.31. The van der Waals surface area contributed by atoms with E-state index >= 15 is 0 Å². The maximum Gasteiger partial charge on any atom is 0.0887 e. The van der Waals surface area contributed by atoms with Gasteiger partial charge in [0.2, 0.25) is 0 Å². The minimum atomic E-state index is 0.623. The van der Waals surface area contributed by atoms with E-state index in [-0.39, 0.29) is 0 Å². The van der Waals surface area contributed by atoms with E-state index in [2.05, 4.69) is 50.1 Å². The maximum absolute atomic E-state index is 5.64. The van der Waals surface area contributed by atoms with E-state index in [4.69, 9.17) is 4.74 Å². The van der Waals surface area contributed by atoms with Crippen LogP contribution in [0.15, 0.2) is 18.3 Å². The molecule has 0 bridgehead atoms. The first kappa shape index (κ1) is 17.1. The summed E-state index contributed by atoms with van der Waals surface area (Å²) in [4.78, 5) is 4.44. The van der Waals surface area contributed by atoms with Crippen LogP contribution in [0, 0.1) is 11.8 Å². The molecule has 1 heterocycles. The molecule has 1 aromatic rings. The van der Waals surface area contributed by atoms with Crippen molar-refractivity contribution in [3.63, 3.8) is 0 Å². The average Bonchev–Trinajstić information content (AvgIpc) is 2.39. The maximum atomic E-state index is 5.64. The van der Waals surface area contributed by atoms with Crippen molar-refractivity contribution >= 4 is 0 Å². The predicted molar refractivity (Wildman–Crippen MR) is 84.5 cm³/mol. The van der Waals surface area contributed by atoms with Crippen LogP contribution in [0.2, 0.25) is 0 Å². The lowest BCUT2D eigenvalue weighted by Gasteiger charge is -2.08. The number of nitrogens with zero attached hydrogens (tertiary/aromatic N) is 1. The highest BCUT2D eigenvalue weighted by Crippen LogP contribution is 2.05. The van der Waals surface area contributed by atoms with E-state index in [1.165, 1.54) is 12.0 Å². The second-order valence-electron chi connectivity index (χ2n) is 6.27. The monoisotopic (exact) mass is 278 g/mol. The Bertz CT molecular complexity index is 347. The predicted octanol–water partition coefficient (Wildman–Crippen LogP) is 3.78. The van der Waals surface area contributed by atoms with Gasteiger partial charge in [-0.1, -0.05) is 33.8 Å². The number of pyridine rings is 1. The highest BCUT2D eigenvalue weighted by Gasteiger charge is 1.99. The Kier molecular flexibility index (Phi) is 8.47. The Balaban J connectivity index is 2.18. The Morgan fingerprint density at radius 2 is 1.95 bits per heavy atom. The van der Waals surface area contributed by atoms with Gasteiger partial charge in [0.1, 0.15) is 0 Å². The Morgan fingerprint density at radius 1 is 1.15 bits per heavy atom. The van der Waals surface area contributed by atoms with Crippen LogP contribution in [0.3, 0.4) is 0 Å². The third kappa shape index (κ3) is 8.28. The van der Waals surface area contributed by atoms with Gasteiger partial charge in [0, 0.05) is 19.3 Å². The zero-order chi connectivity index (χ0) is 14.8. The van der Waals surface area contributed by atoms with Crippen LogP contribution in [0.5, 0.6) is 0 Å². The molecular weight excluding hydrogens is 248 g/mol. The molecule has 0 amide bonds. The summed E-state index contributed by atoms with van der Waals surface area (Å²) < 4.78 is 5.64. The van der Waals surface area contributed by atoms with E-state index < -0.39 is 0 Å². The molecule has 0 aliphatic rings. The molecule has 1 N–H and O–H groups in total. The molecule has 0 aromatic carbocycles. The van der Waals surface area contributed by atoms with Gasteiger partial charge in [0.05, 0.1) is 12.3 Å². The van der Waals surface area contributed by atoms with Gasteiger partial charge >= 0.3 is 0 Å². The number of hydrogen-bond donors (Lipinski definition) is 1. The quantitative estimate of drug-likeness (QED) is 0.661. The van der Waals surface area contributed by atoms with Gasteiger partial charge in [-0.2, -0.15) is 0 Å². The fourth-order valence-corrected chi connectivity index (χ4v) is 1.92. The van der Waals surface area contributed by atoms with Crippen molar-refractivity contribution < 1.29 is 4.74 Å². The summed E-state index contributed by atoms with van der Waals surface area (Å²) in [5.74, 6) is 1.44. The van der Waals surface area contributed by atoms with Crippen molar-refractivity contribution in [2.24, 2.45) is 11.8 Å². The SMILES string of the molecule is CC(C)CCCOCc1ccc(CNCC(C)C)cn1. The van der Waals surface area contributed by atoms with Crippen molar-refractivity contribution in [2.75, 3.05) is 13.2 Å². The van der Waals surface area contributed by atoms with Crippen LogP contribution in [0.1, 0.15) is 51.8 Å².